The molecule has 1 unspecified atom stereocenters. The third kappa shape index (κ3) is 2.31. The molecule has 1 aromatic carbocycles. The first kappa shape index (κ1) is 11.7. The van der Waals surface area contributed by atoms with Crippen LogP contribution in [0.15, 0.2) is 18.2 Å². The number of benzene rings is 1. The first-order valence-corrected chi connectivity index (χ1v) is 5.75. The highest BCUT2D eigenvalue weighted by Crippen LogP contribution is 2.36. The molecule has 0 saturated heterocycles. The maximum Gasteiger partial charge on any atom is 0.157 e. The van der Waals surface area contributed by atoms with Crippen LogP contribution in [0.5, 0.6) is 5.75 Å². The number of hydrogen-bond acceptors (Lipinski definition) is 3. The zero-order valence-corrected chi connectivity index (χ0v) is 10.1. The highest BCUT2D eigenvalue weighted by molar-refractivity contribution is 5.92. The van der Waals surface area contributed by atoms with Gasteiger partial charge in [-0.05, 0) is 37.0 Å². The lowest BCUT2D eigenvalue weighted by Gasteiger charge is -2.11. The molecular formula is C14H15NO2. The molecule has 17 heavy (non-hydrogen) atoms. The predicted octanol–water partition coefficient (Wildman–Crippen LogP) is 2.59. The van der Waals surface area contributed by atoms with Gasteiger partial charge in [-0.2, -0.15) is 5.26 Å². The van der Waals surface area contributed by atoms with Crippen LogP contribution < -0.4 is 4.74 Å². The Bertz CT molecular complexity index is 483. The smallest absolute Gasteiger partial charge is 0.157 e. The van der Waals surface area contributed by atoms with Crippen LogP contribution in [0.4, 0.5) is 0 Å². The molecule has 0 aromatic heterocycles. The number of ether oxygens (including phenoxy) is 1. The number of rotatable bonds is 4. The van der Waals surface area contributed by atoms with Crippen LogP contribution in [0.2, 0.25) is 0 Å². The minimum Gasteiger partial charge on any atom is -0.496 e. The van der Waals surface area contributed by atoms with Gasteiger partial charge in [-0.25, -0.2) is 0 Å². The fraction of sp³-hybridized carbons (Fsp3) is 0.429. The topological polar surface area (TPSA) is 50.1 Å². The number of nitrogens with zero attached hydrogens (tertiary/aromatic N) is 1. The van der Waals surface area contributed by atoms with E-state index in [0.29, 0.717) is 0 Å². The summed E-state index contributed by atoms with van der Waals surface area (Å²) < 4.78 is 5.22. The lowest BCUT2D eigenvalue weighted by molar-refractivity contribution is -0.120. The third-order valence-electron chi connectivity index (χ3n) is 3.16. The van der Waals surface area contributed by atoms with E-state index in [2.05, 4.69) is 6.07 Å². The van der Waals surface area contributed by atoms with Gasteiger partial charge in [-0.15, -0.1) is 0 Å². The van der Waals surface area contributed by atoms with Gasteiger partial charge in [0, 0.05) is 5.92 Å². The van der Waals surface area contributed by atoms with E-state index in [-0.39, 0.29) is 11.7 Å². The van der Waals surface area contributed by atoms with Crippen LogP contribution in [0.1, 0.15) is 29.9 Å². The number of hydrogen-bond donors (Lipinski definition) is 0. The van der Waals surface area contributed by atoms with Crippen LogP contribution in [0, 0.1) is 24.2 Å². The number of nitriles is 1. The fourth-order valence-electron chi connectivity index (χ4n) is 1.92. The van der Waals surface area contributed by atoms with Gasteiger partial charge in [0.1, 0.15) is 11.7 Å². The second kappa shape index (κ2) is 4.58. The Morgan fingerprint density at radius 1 is 1.53 bits per heavy atom. The summed E-state index contributed by atoms with van der Waals surface area (Å²) in [4.78, 5) is 12.0. The summed E-state index contributed by atoms with van der Waals surface area (Å²) in [7, 11) is 1.59. The van der Waals surface area contributed by atoms with E-state index >= 15 is 0 Å². The molecule has 0 radical (unpaired) electrons. The van der Waals surface area contributed by atoms with Gasteiger partial charge < -0.3 is 4.74 Å². The van der Waals surface area contributed by atoms with Crippen molar-refractivity contribution in [3.05, 3.63) is 29.3 Å². The zero-order valence-electron chi connectivity index (χ0n) is 10.1. The fourth-order valence-corrected chi connectivity index (χ4v) is 1.92. The van der Waals surface area contributed by atoms with Gasteiger partial charge in [0.05, 0.1) is 13.2 Å². The Labute approximate surface area is 101 Å². The van der Waals surface area contributed by atoms with E-state index in [1.54, 1.807) is 13.2 Å². The highest BCUT2D eigenvalue weighted by Gasteiger charge is 2.35. The van der Waals surface area contributed by atoms with Crippen molar-refractivity contribution < 1.29 is 9.53 Å². The minimum absolute atomic E-state index is 0.0541. The molecule has 1 aliphatic carbocycles. The van der Waals surface area contributed by atoms with Crippen LogP contribution in [-0.4, -0.2) is 12.9 Å². The van der Waals surface area contributed by atoms with E-state index in [1.807, 2.05) is 19.1 Å². The Morgan fingerprint density at radius 3 is 2.76 bits per heavy atom. The van der Waals surface area contributed by atoms with E-state index in [1.165, 1.54) is 0 Å². The molecule has 1 aliphatic rings. The number of Topliss-reactive ketones (excluding diaryl/α,β-unsaturated/α-hetero) is 1. The molecule has 2 rings (SSSR count). The summed E-state index contributed by atoms with van der Waals surface area (Å²) in [5, 5.41) is 9.15. The van der Waals surface area contributed by atoms with E-state index in [9.17, 15) is 4.79 Å². The van der Waals surface area contributed by atoms with Crippen LogP contribution in [0.3, 0.4) is 0 Å². The number of carbonyl (C=O) groups is 1. The standard InChI is InChI=1S/C14H15NO2/c1-9-3-4-11(7-13(9)17-2)12(8-15)14(16)10-5-6-10/h3-4,7,10,12H,5-6H2,1-2H3. The molecule has 3 heteroatoms. The summed E-state index contributed by atoms with van der Waals surface area (Å²) in [6.07, 6.45) is 1.86. The Morgan fingerprint density at radius 2 is 2.24 bits per heavy atom. The average Bonchev–Trinajstić information content (AvgIpc) is 3.16. The van der Waals surface area contributed by atoms with Crippen molar-refractivity contribution in [2.75, 3.05) is 7.11 Å². The highest BCUT2D eigenvalue weighted by atomic mass is 16.5. The molecule has 1 saturated carbocycles. The van der Waals surface area contributed by atoms with Crippen molar-refractivity contribution in [2.24, 2.45) is 5.92 Å². The van der Waals surface area contributed by atoms with Gasteiger partial charge in [0.25, 0.3) is 0 Å². The van der Waals surface area contributed by atoms with Gasteiger partial charge in [0.2, 0.25) is 0 Å². The first-order chi connectivity index (χ1) is 8.17. The van der Waals surface area contributed by atoms with E-state index in [0.717, 1.165) is 29.7 Å². The molecule has 88 valence electrons. The lowest BCUT2D eigenvalue weighted by Crippen LogP contribution is -2.12. The van der Waals surface area contributed by atoms with Crippen molar-refractivity contribution in [1.82, 2.24) is 0 Å². The van der Waals surface area contributed by atoms with Crippen molar-refractivity contribution in [3.8, 4) is 11.8 Å². The maximum atomic E-state index is 12.0. The Kier molecular flexibility index (Phi) is 3.14. The largest absolute Gasteiger partial charge is 0.496 e. The number of aryl methyl sites for hydroxylation is 1. The summed E-state index contributed by atoms with van der Waals surface area (Å²) in [6.45, 7) is 1.94. The van der Waals surface area contributed by atoms with Gasteiger partial charge >= 0.3 is 0 Å². The molecule has 0 amide bonds. The SMILES string of the molecule is COc1cc(C(C#N)C(=O)C2CC2)ccc1C. The molecule has 0 N–H and O–H groups in total. The Hall–Kier alpha value is -1.82. The van der Waals surface area contributed by atoms with E-state index in [4.69, 9.17) is 10.00 Å². The molecule has 0 bridgehead atoms. The summed E-state index contributed by atoms with van der Waals surface area (Å²) in [5.74, 6) is 0.244. The van der Waals surface area contributed by atoms with Crippen LogP contribution in [0.25, 0.3) is 0 Å². The maximum absolute atomic E-state index is 12.0. The Balaban J connectivity index is 2.31. The first-order valence-electron chi connectivity index (χ1n) is 5.75. The normalized spacial score (nSPS) is 16.1. The number of ketones is 1. The minimum atomic E-state index is -0.642. The molecule has 0 heterocycles. The van der Waals surface area contributed by atoms with Crippen LogP contribution in [-0.2, 0) is 4.79 Å². The molecular weight excluding hydrogens is 214 g/mol. The predicted molar refractivity (Wildman–Crippen MR) is 63.8 cm³/mol. The molecule has 1 aromatic rings. The molecule has 3 nitrogen and oxygen atoms in total. The molecule has 0 aliphatic heterocycles. The van der Waals surface area contributed by atoms with Gasteiger partial charge in [-0.3, -0.25) is 4.79 Å². The lowest BCUT2D eigenvalue weighted by atomic mass is 9.92. The summed E-state index contributed by atoms with van der Waals surface area (Å²) in [5.41, 5.74) is 1.75. The van der Waals surface area contributed by atoms with Gasteiger partial charge in [0.15, 0.2) is 5.78 Å². The zero-order chi connectivity index (χ0) is 12.4. The van der Waals surface area contributed by atoms with Crippen molar-refractivity contribution >= 4 is 5.78 Å². The second-order valence-corrected chi connectivity index (χ2v) is 4.47. The van der Waals surface area contributed by atoms with Crippen molar-refractivity contribution in [1.29, 1.82) is 5.26 Å². The average molecular weight is 229 g/mol. The van der Waals surface area contributed by atoms with Crippen molar-refractivity contribution in [2.45, 2.75) is 25.7 Å². The summed E-state index contributed by atoms with van der Waals surface area (Å²) >= 11 is 0. The number of carbonyl (C=O) groups excluding carboxylic acids is 1. The monoisotopic (exact) mass is 229 g/mol. The molecule has 1 atom stereocenters. The van der Waals surface area contributed by atoms with Gasteiger partial charge in [-0.1, -0.05) is 12.1 Å². The third-order valence-corrected chi connectivity index (χ3v) is 3.16. The van der Waals surface area contributed by atoms with E-state index < -0.39 is 5.92 Å². The van der Waals surface area contributed by atoms with Crippen LogP contribution >= 0.6 is 0 Å². The summed E-state index contributed by atoms with van der Waals surface area (Å²) in [6, 6.07) is 7.63. The second-order valence-electron chi connectivity index (χ2n) is 4.47. The van der Waals surface area contributed by atoms with Crippen molar-refractivity contribution in [3.63, 3.8) is 0 Å². The molecule has 1 fully saturated rings. The number of methoxy groups -OCH3 is 1. The molecule has 0 spiro atoms. The quantitative estimate of drug-likeness (QED) is 0.797.